The van der Waals surface area contributed by atoms with Crippen molar-refractivity contribution in [3.8, 4) is 0 Å². The standard InChI is InChI=1S/C6H11N5O2/c12-2-1-7-5-8-3-4(9-5)11-6(13)10-3/h3-4,12H,1-2H2,(H2,7,8,9)(H2,10,11,13). The number of amides is 2. The third-order valence-electron chi connectivity index (χ3n) is 1.86. The molecule has 7 heteroatoms. The van der Waals surface area contributed by atoms with Gasteiger partial charge in [-0.2, -0.15) is 0 Å². The van der Waals surface area contributed by atoms with Gasteiger partial charge in [0.15, 0.2) is 5.96 Å². The summed E-state index contributed by atoms with van der Waals surface area (Å²) in [5.74, 6) is 0.594. The van der Waals surface area contributed by atoms with Crippen molar-refractivity contribution in [2.24, 2.45) is 4.99 Å². The van der Waals surface area contributed by atoms with E-state index in [1.54, 1.807) is 0 Å². The molecule has 2 rings (SSSR count). The average Bonchev–Trinajstić information content (AvgIpc) is 2.57. The highest BCUT2D eigenvalue weighted by Gasteiger charge is 2.37. The number of aliphatic hydroxyl groups excluding tert-OH is 1. The minimum atomic E-state index is -0.198. The summed E-state index contributed by atoms with van der Waals surface area (Å²) in [6.45, 7) is 0.366. The van der Waals surface area contributed by atoms with Crippen LogP contribution in [-0.4, -0.2) is 42.6 Å². The number of nitrogens with one attached hydrogen (secondary N) is 4. The van der Waals surface area contributed by atoms with E-state index in [2.05, 4.69) is 26.3 Å². The first-order valence-corrected chi connectivity index (χ1v) is 4.05. The fraction of sp³-hybridized carbons (Fsp3) is 0.667. The van der Waals surface area contributed by atoms with Gasteiger partial charge < -0.3 is 26.4 Å². The smallest absolute Gasteiger partial charge is 0.318 e. The Morgan fingerprint density at radius 3 is 2.38 bits per heavy atom. The molecule has 0 aliphatic carbocycles. The van der Waals surface area contributed by atoms with Crippen molar-refractivity contribution in [3.63, 3.8) is 0 Å². The van der Waals surface area contributed by atoms with Crippen LogP contribution in [0.15, 0.2) is 4.99 Å². The van der Waals surface area contributed by atoms with E-state index in [-0.39, 0.29) is 25.0 Å². The SMILES string of the molecule is O=C1NC2NC(=NCCO)NC2N1. The van der Waals surface area contributed by atoms with Crippen LogP contribution in [0.25, 0.3) is 0 Å². The van der Waals surface area contributed by atoms with Crippen LogP contribution in [-0.2, 0) is 0 Å². The Morgan fingerprint density at radius 1 is 1.23 bits per heavy atom. The van der Waals surface area contributed by atoms with Crippen molar-refractivity contribution in [1.29, 1.82) is 0 Å². The number of urea groups is 1. The highest BCUT2D eigenvalue weighted by atomic mass is 16.3. The summed E-state index contributed by atoms with van der Waals surface area (Å²) in [5, 5.41) is 19.7. The third-order valence-corrected chi connectivity index (χ3v) is 1.86. The van der Waals surface area contributed by atoms with Gasteiger partial charge in [-0.15, -0.1) is 0 Å². The Balaban J connectivity index is 1.93. The topological polar surface area (TPSA) is 97.8 Å². The lowest BCUT2D eigenvalue weighted by Gasteiger charge is -2.03. The number of rotatable bonds is 2. The van der Waals surface area contributed by atoms with Gasteiger partial charge in [-0.25, -0.2) is 4.79 Å². The predicted molar refractivity (Wildman–Crippen MR) is 44.9 cm³/mol. The van der Waals surface area contributed by atoms with E-state index in [9.17, 15) is 4.79 Å². The molecular formula is C6H11N5O2. The Morgan fingerprint density at radius 2 is 1.85 bits per heavy atom. The number of guanidine groups is 1. The van der Waals surface area contributed by atoms with Gasteiger partial charge >= 0.3 is 6.03 Å². The number of aliphatic imine (C=N–C) groups is 1. The van der Waals surface area contributed by atoms with Gasteiger partial charge in [0.25, 0.3) is 0 Å². The molecule has 2 unspecified atom stereocenters. The first-order valence-electron chi connectivity index (χ1n) is 4.05. The van der Waals surface area contributed by atoms with Gasteiger partial charge in [0, 0.05) is 0 Å². The molecule has 13 heavy (non-hydrogen) atoms. The molecule has 2 atom stereocenters. The fourth-order valence-corrected chi connectivity index (χ4v) is 1.32. The van der Waals surface area contributed by atoms with E-state index in [0.717, 1.165) is 0 Å². The third kappa shape index (κ3) is 1.50. The van der Waals surface area contributed by atoms with Crippen molar-refractivity contribution in [3.05, 3.63) is 0 Å². The van der Waals surface area contributed by atoms with Gasteiger partial charge in [-0.05, 0) is 0 Å². The van der Waals surface area contributed by atoms with Gasteiger partial charge in [0.05, 0.1) is 13.2 Å². The maximum Gasteiger partial charge on any atom is 0.318 e. The summed E-state index contributed by atoms with van der Waals surface area (Å²) in [4.78, 5) is 14.8. The number of nitrogens with zero attached hydrogens (tertiary/aromatic N) is 1. The van der Waals surface area contributed by atoms with E-state index in [4.69, 9.17) is 5.11 Å². The summed E-state index contributed by atoms with van der Waals surface area (Å²) < 4.78 is 0. The number of hydrogen-bond acceptors (Lipinski definition) is 3. The zero-order chi connectivity index (χ0) is 9.26. The molecule has 0 bridgehead atoms. The average molecular weight is 185 g/mol. The number of carbonyl (C=O) groups is 1. The van der Waals surface area contributed by atoms with Crippen LogP contribution in [0, 0.1) is 0 Å². The predicted octanol–water partition coefficient (Wildman–Crippen LogP) is -2.51. The minimum Gasteiger partial charge on any atom is -0.394 e. The van der Waals surface area contributed by atoms with Gasteiger partial charge in [-0.1, -0.05) is 0 Å². The van der Waals surface area contributed by atoms with E-state index in [0.29, 0.717) is 12.5 Å². The van der Waals surface area contributed by atoms with Gasteiger partial charge in [-0.3, -0.25) is 4.99 Å². The molecule has 0 aromatic carbocycles. The van der Waals surface area contributed by atoms with Crippen molar-refractivity contribution >= 4 is 12.0 Å². The van der Waals surface area contributed by atoms with E-state index in [1.807, 2.05) is 0 Å². The van der Waals surface area contributed by atoms with Crippen LogP contribution in [0.5, 0.6) is 0 Å². The maximum absolute atomic E-state index is 10.8. The van der Waals surface area contributed by atoms with E-state index < -0.39 is 0 Å². The monoisotopic (exact) mass is 185 g/mol. The summed E-state index contributed by atoms with van der Waals surface area (Å²) in [5.41, 5.74) is 0. The first kappa shape index (κ1) is 8.11. The lowest BCUT2D eigenvalue weighted by Crippen LogP contribution is -2.39. The van der Waals surface area contributed by atoms with Crippen molar-refractivity contribution in [2.45, 2.75) is 12.3 Å². The van der Waals surface area contributed by atoms with Crippen LogP contribution >= 0.6 is 0 Å². The molecular weight excluding hydrogens is 174 g/mol. The summed E-state index contributed by atoms with van der Waals surface area (Å²) >= 11 is 0. The Labute approximate surface area is 74.6 Å². The molecule has 5 N–H and O–H groups in total. The molecule has 0 radical (unpaired) electrons. The summed E-state index contributed by atoms with van der Waals surface area (Å²) in [6, 6.07) is -0.198. The molecule has 0 aromatic rings. The molecule has 0 saturated carbocycles. The van der Waals surface area contributed by atoms with Gasteiger partial charge in [0.1, 0.15) is 12.3 Å². The summed E-state index contributed by atoms with van der Waals surface area (Å²) in [7, 11) is 0. The fourth-order valence-electron chi connectivity index (χ4n) is 1.32. The quantitative estimate of drug-likeness (QED) is 0.328. The second-order valence-electron chi connectivity index (χ2n) is 2.82. The van der Waals surface area contributed by atoms with Crippen molar-refractivity contribution in [1.82, 2.24) is 21.3 Å². The Kier molecular flexibility index (Phi) is 1.93. The molecule has 2 heterocycles. The number of fused-ring (bicyclic) bond motifs is 1. The normalized spacial score (nSPS) is 29.9. The number of aliphatic hydroxyl groups is 1. The van der Waals surface area contributed by atoms with Crippen LogP contribution in [0.3, 0.4) is 0 Å². The van der Waals surface area contributed by atoms with Gasteiger partial charge in [0.2, 0.25) is 0 Å². The molecule has 2 fully saturated rings. The molecule has 2 aliphatic heterocycles. The molecule has 2 amide bonds. The molecule has 2 saturated heterocycles. The minimum absolute atomic E-state index is 0.0159. The lowest BCUT2D eigenvalue weighted by molar-refractivity contribution is 0.246. The molecule has 0 spiro atoms. The second-order valence-corrected chi connectivity index (χ2v) is 2.82. The van der Waals surface area contributed by atoms with E-state index in [1.165, 1.54) is 0 Å². The van der Waals surface area contributed by atoms with Crippen LogP contribution < -0.4 is 21.3 Å². The summed E-state index contributed by atoms with van der Waals surface area (Å²) in [6.07, 6.45) is -0.296. The maximum atomic E-state index is 10.8. The first-order chi connectivity index (χ1) is 6.29. The number of carbonyl (C=O) groups excluding carboxylic acids is 1. The van der Waals surface area contributed by atoms with Crippen molar-refractivity contribution < 1.29 is 9.90 Å². The Hall–Kier alpha value is -1.50. The molecule has 7 nitrogen and oxygen atoms in total. The highest BCUT2D eigenvalue weighted by Crippen LogP contribution is 2.01. The van der Waals surface area contributed by atoms with Crippen LogP contribution in [0.1, 0.15) is 0 Å². The Bertz CT molecular complexity index is 235. The zero-order valence-electron chi connectivity index (χ0n) is 6.87. The molecule has 0 aromatic heterocycles. The lowest BCUT2D eigenvalue weighted by atomic mass is 10.4. The highest BCUT2D eigenvalue weighted by molar-refractivity contribution is 5.87. The zero-order valence-corrected chi connectivity index (χ0v) is 6.87. The number of hydrogen-bond donors (Lipinski definition) is 5. The van der Waals surface area contributed by atoms with Crippen LogP contribution in [0.4, 0.5) is 4.79 Å². The van der Waals surface area contributed by atoms with Crippen molar-refractivity contribution in [2.75, 3.05) is 13.2 Å². The largest absolute Gasteiger partial charge is 0.394 e. The molecule has 2 aliphatic rings. The second kappa shape index (κ2) is 3.09. The molecule has 72 valence electrons. The van der Waals surface area contributed by atoms with Crippen LogP contribution in [0.2, 0.25) is 0 Å². The van der Waals surface area contributed by atoms with E-state index >= 15 is 0 Å².